The number of carbonyl (C=O) groups is 1. The zero-order valence-corrected chi connectivity index (χ0v) is 15.6. The van der Waals surface area contributed by atoms with E-state index in [1.807, 2.05) is 31.2 Å². The summed E-state index contributed by atoms with van der Waals surface area (Å²) in [6, 6.07) is 9.20. The molecule has 1 fully saturated rings. The number of quaternary nitrogens is 1. The van der Waals surface area contributed by atoms with Crippen LogP contribution in [-0.2, 0) is 6.54 Å². The molecule has 4 rings (SSSR count). The highest BCUT2D eigenvalue weighted by Crippen LogP contribution is 2.23. The summed E-state index contributed by atoms with van der Waals surface area (Å²) in [5.41, 5.74) is 2.55. The molecular formula is C20H22F2N5O+. The normalized spacial score (nSPS) is 17.0. The highest BCUT2D eigenvalue weighted by atomic mass is 19.3. The quantitative estimate of drug-likeness (QED) is 0.722. The number of anilines is 1. The van der Waals surface area contributed by atoms with Crippen molar-refractivity contribution in [1.29, 1.82) is 0 Å². The van der Waals surface area contributed by atoms with Gasteiger partial charge in [0.05, 0.1) is 31.4 Å². The van der Waals surface area contributed by atoms with Crippen molar-refractivity contribution in [3.63, 3.8) is 0 Å². The minimum Gasteiger partial charge on any atom is -0.329 e. The lowest BCUT2D eigenvalue weighted by atomic mass is 10.1. The van der Waals surface area contributed by atoms with Crippen LogP contribution in [0.2, 0.25) is 0 Å². The van der Waals surface area contributed by atoms with Crippen molar-refractivity contribution in [3.8, 4) is 0 Å². The summed E-state index contributed by atoms with van der Waals surface area (Å²) in [5.74, 6) is -2.21. The average Bonchev–Trinajstić information content (AvgIpc) is 3.04. The predicted molar refractivity (Wildman–Crippen MR) is 101 cm³/mol. The van der Waals surface area contributed by atoms with Crippen LogP contribution in [0, 0.1) is 6.92 Å². The second kappa shape index (κ2) is 7.27. The van der Waals surface area contributed by atoms with Crippen LogP contribution < -0.4 is 10.2 Å². The molecule has 0 radical (unpaired) electrons. The monoisotopic (exact) mass is 386 g/mol. The molecular weight excluding hydrogens is 364 g/mol. The van der Waals surface area contributed by atoms with Crippen LogP contribution in [0.3, 0.4) is 0 Å². The van der Waals surface area contributed by atoms with Gasteiger partial charge in [0.2, 0.25) is 5.82 Å². The lowest BCUT2D eigenvalue weighted by molar-refractivity contribution is -0.921. The number of nitrogens with zero attached hydrogens (tertiary/aromatic N) is 3. The van der Waals surface area contributed by atoms with Crippen LogP contribution in [0.4, 0.5) is 14.6 Å². The Labute approximate surface area is 161 Å². The lowest BCUT2D eigenvalue weighted by Crippen LogP contribution is -3.12. The number of aryl methyl sites for hydroxylation is 1. The van der Waals surface area contributed by atoms with E-state index in [1.165, 1.54) is 0 Å². The van der Waals surface area contributed by atoms with Crippen molar-refractivity contribution in [2.45, 2.75) is 32.2 Å². The van der Waals surface area contributed by atoms with Gasteiger partial charge < -0.3 is 10.2 Å². The standard InChI is InChI=1S/C20H21F2N5O/c1-14-5-6-17(23-12-14)25-19(28)18-24-15(16-4-2-3-9-27(16)18)13-26-10-7-20(21,22)8-11-26/h2-6,9,12H,7-8,10-11,13H2,1H3,(H,23,25,28)/p+1. The maximum Gasteiger partial charge on any atom is 0.293 e. The van der Waals surface area contributed by atoms with Crippen LogP contribution in [0.1, 0.15) is 34.7 Å². The lowest BCUT2D eigenvalue weighted by Gasteiger charge is -2.28. The molecule has 0 aromatic carbocycles. The summed E-state index contributed by atoms with van der Waals surface area (Å²) in [6.07, 6.45) is 3.24. The van der Waals surface area contributed by atoms with E-state index in [4.69, 9.17) is 0 Å². The summed E-state index contributed by atoms with van der Waals surface area (Å²) in [6.45, 7) is 3.23. The van der Waals surface area contributed by atoms with Crippen LogP contribution in [0.5, 0.6) is 0 Å². The van der Waals surface area contributed by atoms with Crippen LogP contribution >= 0.6 is 0 Å². The number of nitrogens with one attached hydrogen (secondary N) is 2. The van der Waals surface area contributed by atoms with Gasteiger partial charge in [-0.05, 0) is 30.7 Å². The highest BCUT2D eigenvalue weighted by Gasteiger charge is 2.37. The fraction of sp³-hybridized carbons (Fsp3) is 0.350. The Morgan fingerprint density at radius 3 is 2.75 bits per heavy atom. The second-order valence-electron chi connectivity index (χ2n) is 7.30. The third kappa shape index (κ3) is 3.87. The Kier molecular flexibility index (Phi) is 4.80. The van der Waals surface area contributed by atoms with E-state index in [2.05, 4.69) is 15.3 Å². The number of likely N-dealkylation sites (tertiary alicyclic amines) is 1. The van der Waals surface area contributed by atoms with E-state index < -0.39 is 5.92 Å². The zero-order chi connectivity index (χ0) is 19.7. The summed E-state index contributed by atoms with van der Waals surface area (Å²) >= 11 is 0. The van der Waals surface area contributed by atoms with Gasteiger partial charge in [-0.1, -0.05) is 12.1 Å². The van der Waals surface area contributed by atoms with Gasteiger partial charge in [-0.25, -0.2) is 18.7 Å². The van der Waals surface area contributed by atoms with Gasteiger partial charge in [-0.2, -0.15) is 0 Å². The zero-order valence-electron chi connectivity index (χ0n) is 15.6. The number of halogens is 2. The van der Waals surface area contributed by atoms with Crippen molar-refractivity contribution in [2.24, 2.45) is 0 Å². The number of pyridine rings is 2. The van der Waals surface area contributed by atoms with E-state index in [1.54, 1.807) is 22.9 Å². The maximum absolute atomic E-state index is 13.4. The molecule has 1 aliphatic rings. The first kappa shape index (κ1) is 18.5. The predicted octanol–water partition coefficient (Wildman–Crippen LogP) is 2.10. The largest absolute Gasteiger partial charge is 0.329 e. The Morgan fingerprint density at radius 2 is 2.04 bits per heavy atom. The van der Waals surface area contributed by atoms with Gasteiger partial charge in [0.15, 0.2) is 0 Å². The molecule has 1 amide bonds. The molecule has 8 heteroatoms. The summed E-state index contributed by atoms with van der Waals surface area (Å²) in [7, 11) is 0. The van der Waals surface area contributed by atoms with Crippen molar-refractivity contribution >= 4 is 17.2 Å². The van der Waals surface area contributed by atoms with Gasteiger partial charge in [-0.15, -0.1) is 0 Å². The number of fused-ring (bicyclic) bond motifs is 1. The molecule has 3 aromatic rings. The molecule has 0 aliphatic carbocycles. The molecule has 0 bridgehead atoms. The van der Waals surface area contributed by atoms with Crippen LogP contribution in [0.25, 0.3) is 5.52 Å². The van der Waals surface area contributed by atoms with Gasteiger partial charge in [-0.3, -0.25) is 9.20 Å². The van der Waals surface area contributed by atoms with Gasteiger partial charge in [0.25, 0.3) is 11.8 Å². The van der Waals surface area contributed by atoms with Crippen molar-refractivity contribution < 1.29 is 18.5 Å². The Bertz CT molecular complexity index is 990. The molecule has 28 heavy (non-hydrogen) atoms. The fourth-order valence-electron chi connectivity index (χ4n) is 3.49. The first-order valence-electron chi connectivity index (χ1n) is 9.33. The van der Waals surface area contributed by atoms with Crippen LogP contribution in [-0.4, -0.2) is 39.3 Å². The fourth-order valence-corrected chi connectivity index (χ4v) is 3.49. The second-order valence-corrected chi connectivity index (χ2v) is 7.30. The van der Waals surface area contributed by atoms with Gasteiger partial charge in [0.1, 0.15) is 18.1 Å². The number of carbonyl (C=O) groups excluding carboxylic acids is 1. The number of rotatable bonds is 4. The van der Waals surface area contributed by atoms with Crippen LogP contribution in [0.15, 0.2) is 42.7 Å². The smallest absolute Gasteiger partial charge is 0.293 e. The average molecular weight is 386 g/mol. The third-order valence-corrected chi connectivity index (χ3v) is 5.09. The molecule has 146 valence electrons. The van der Waals surface area contributed by atoms with Crippen molar-refractivity contribution in [3.05, 3.63) is 59.8 Å². The molecule has 4 heterocycles. The number of imidazole rings is 1. The number of hydrogen-bond donors (Lipinski definition) is 2. The molecule has 1 saturated heterocycles. The Hall–Kier alpha value is -2.87. The van der Waals surface area contributed by atoms with E-state index >= 15 is 0 Å². The molecule has 0 spiro atoms. The molecule has 3 aromatic heterocycles. The molecule has 0 atom stereocenters. The van der Waals surface area contributed by atoms with E-state index in [9.17, 15) is 13.6 Å². The molecule has 0 saturated carbocycles. The SMILES string of the molecule is Cc1ccc(NC(=O)c2nc(C[NH+]3CCC(F)(F)CC3)c3ccccn23)nc1. The van der Waals surface area contributed by atoms with E-state index in [0.717, 1.165) is 21.7 Å². The minimum atomic E-state index is -2.56. The number of piperidine rings is 1. The van der Waals surface area contributed by atoms with Gasteiger partial charge in [0, 0.05) is 12.4 Å². The Balaban J connectivity index is 1.57. The van der Waals surface area contributed by atoms with Gasteiger partial charge >= 0.3 is 0 Å². The number of aromatic nitrogens is 3. The first-order valence-corrected chi connectivity index (χ1v) is 9.33. The third-order valence-electron chi connectivity index (χ3n) is 5.09. The molecule has 1 aliphatic heterocycles. The van der Waals surface area contributed by atoms with Crippen molar-refractivity contribution in [2.75, 3.05) is 18.4 Å². The van der Waals surface area contributed by atoms with E-state index in [0.29, 0.717) is 25.5 Å². The molecule has 6 nitrogen and oxygen atoms in total. The summed E-state index contributed by atoms with van der Waals surface area (Å²) in [5, 5.41) is 2.77. The Morgan fingerprint density at radius 1 is 1.25 bits per heavy atom. The molecule has 2 N–H and O–H groups in total. The molecule has 0 unspecified atom stereocenters. The van der Waals surface area contributed by atoms with E-state index in [-0.39, 0.29) is 24.6 Å². The number of amides is 1. The summed E-state index contributed by atoms with van der Waals surface area (Å²) in [4.78, 5) is 22.6. The minimum absolute atomic E-state index is 0.111. The topological polar surface area (TPSA) is 63.7 Å². The number of alkyl halides is 2. The summed E-state index contributed by atoms with van der Waals surface area (Å²) < 4.78 is 28.6. The highest BCUT2D eigenvalue weighted by molar-refractivity contribution is 6.02. The number of hydrogen-bond acceptors (Lipinski definition) is 3. The first-order chi connectivity index (χ1) is 13.4. The maximum atomic E-state index is 13.4. The van der Waals surface area contributed by atoms with Crippen molar-refractivity contribution in [1.82, 2.24) is 14.4 Å².